The van der Waals surface area contributed by atoms with Crippen LogP contribution in [0.2, 0.25) is 0 Å². The van der Waals surface area contributed by atoms with Crippen LogP contribution in [0.1, 0.15) is 12.5 Å². The van der Waals surface area contributed by atoms with Crippen molar-refractivity contribution in [2.75, 3.05) is 13.1 Å². The van der Waals surface area contributed by atoms with Crippen LogP contribution in [-0.2, 0) is 10.0 Å². The Bertz CT molecular complexity index is 679. The van der Waals surface area contributed by atoms with Crippen LogP contribution >= 0.6 is 0 Å². The number of halogens is 1. The Labute approximate surface area is 116 Å². The lowest BCUT2D eigenvalue weighted by molar-refractivity contribution is -0.387. The molecule has 0 radical (unpaired) electrons. The van der Waals surface area contributed by atoms with Crippen molar-refractivity contribution in [2.45, 2.75) is 18.7 Å². The summed E-state index contributed by atoms with van der Waals surface area (Å²) >= 11 is 0. The summed E-state index contributed by atoms with van der Waals surface area (Å²) in [5.74, 6) is 1.15. The third kappa shape index (κ3) is 2.95. The lowest BCUT2D eigenvalue weighted by Crippen LogP contribution is -2.31. The molecule has 0 unspecified atom stereocenters. The van der Waals surface area contributed by atoms with E-state index in [4.69, 9.17) is 6.42 Å². The molecule has 0 saturated heterocycles. The molecule has 0 heterocycles. The molecule has 1 rings (SSSR count). The van der Waals surface area contributed by atoms with E-state index in [9.17, 15) is 22.9 Å². The van der Waals surface area contributed by atoms with Crippen LogP contribution in [0.15, 0.2) is 17.0 Å². The molecule has 20 heavy (non-hydrogen) atoms. The zero-order chi connectivity index (χ0) is 15.5. The van der Waals surface area contributed by atoms with Crippen LogP contribution in [0.4, 0.5) is 10.1 Å². The van der Waals surface area contributed by atoms with Crippen LogP contribution in [0.5, 0.6) is 0 Å². The summed E-state index contributed by atoms with van der Waals surface area (Å²) in [6.07, 6.45) is 5.09. The normalized spacial score (nSPS) is 11.3. The zero-order valence-electron chi connectivity index (χ0n) is 11.0. The Kier molecular flexibility index (Phi) is 4.81. The monoisotopic (exact) mass is 300 g/mol. The number of hydrogen-bond acceptors (Lipinski definition) is 4. The van der Waals surface area contributed by atoms with Crippen LogP contribution in [0, 0.1) is 35.2 Å². The van der Waals surface area contributed by atoms with Gasteiger partial charge in [0.15, 0.2) is 0 Å². The molecular formula is C12H13FN2O4S. The number of hydrogen-bond donors (Lipinski definition) is 0. The fraction of sp³-hybridized carbons (Fsp3) is 0.333. The summed E-state index contributed by atoms with van der Waals surface area (Å²) < 4.78 is 39.1. The van der Waals surface area contributed by atoms with Crippen molar-refractivity contribution in [1.82, 2.24) is 4.31 Å². The van der Waals surface area contributed by atoms with Gasteiger partial charge in [-0.15, -0.1) is 6.42 Å². The number of rotatable bonds is 5. The Hall–Kier alpha value is -1.98. The quantitative estimate of drug-likeness (QED) is 0.471. The van der Waals surface area contributed by atoms with E-state index >= 15 is 0 Å². The van der Waals surface area contributed by atoms with Gasteiger partial charge >= 0.3 is 5.69 Å². The minimum Gasteiger partial charge on any atom is -0.258 e. The highest BCUT2D eigenvalue weighted by Crippen LogP contribution is 2.26. The molecule has 1 aromatic rings. The first-order valence-electron chi connectivity index (χ1n) is 5.63. The molecular weight excluding hydrogens is 287 g/mol. The van der Waals surface area contributed by atoms with E-state index in [0.717, 1.165) is 10.4 Å². The Morgan fingerprint density at radius 1 is 1.50 bits per heavy atom. The van der Waals surface area contributed by atoms with E-state index in [0.29, 0.717) is 6.07 Å². The first-order chi connectivity index (χ1) is 9.25. The van der Waals surface area contributed by atoms with Crippen LogP contribution in [0.25, 0.3) is 0 Å². The summed E-state index contributed by atoms with van der Waals surface area (Å²) in [4.78, 5) is 9.44. The number of sulfonamides is 1. The molecule has 6 nitrogen and oxygen atoms in total. The number of benzene rings is 1. The fourth-order valence-corrected chi connectivity index (χ4v) is 3.09. The van der Waals surface area contributed by atoms with Crippen molar-refractivity contribution >= 4 is 15.7 Å². The van der Waals surface area contributed by atoms with Crippen molar-refractivity contribution in [3.8, 4) is 12.3 Å². The summed E-state index contributed by atoms with van der Waals surface area (Å²) in [6, 6.07) is 1.76. The van der Waals surface area contributed by atoms with Gasteiger partial charge in [-0.25, -0.2) is 8.42 Å². The first-order valence-corrected chi connectivity index (χ1v) is 7.07. The molecule has 0 aliphatic rings. The SMILES string of the molecule is C#CCN(CC)S(=O)(=O)c1cc(C)c(F)c([N+](=O)[O-])c1. The minimum atomic E-state index is -3.99. The van der Waals surface area contributed by atoms with Crippen molar-refractivity contribution in [2.24, 2.45) is 0 Å². The number of aryl methyl sites for hydroxylation is 1. The molecule has 1 aromatic carbocycles. The van der Waals surface area contributed by atoms with Crippen molar-refractivity contribution in [3.05, 3.63) is 33.6 Å². The van der Waals surface area contributed by atoms with Crippen LogP contribution in [0.3, 0.4) is 0 Å². The van der Waals surface area contributed by atoms with Gasteiger partial charge in [0.1, 0.15) is 0 Å². The second kappa shape index (κ2) is 5.98. The summed E-state index contributed by atoms with van der Waals surface area (Å²) in [5.41, 5.74) is -0.991. The predicted octanol–water partition coefficient (Wildman–Crippen LogP) is 1.69. The van der Waals surface area contributed by atoms with Crippen molar-refractivity contribution in [3.63, 3.8) is 0 Å². The maximum absolute atomic E-state index is 13.6. The molecule has 0 aromatic heterocycles. The van der Waals surface area contributed by atoms with Crippen LogP contribution < -0.4 is 0 Å². The first kappa shape index (κ1) is 16.1. The maximum Gasteiger partial charge on any atom is 0.306 e. The van der Waals surface area contributed by atoms with E-state index in [2.05, 4.69) is 5.92 Å². The van der Waals surface area contributed by atoms with E-state index in [1.54, 1.807) is 6.92 Å². The Morgan fingerprint density at radius 2 is 2.10 bits per heavy atom. The summed E-state index contributed by atoms with van der Waals surface area (Å²) in [5, 5.41) is 10.7. The average molecular weight is 300 g/mol. The van der Waals surface area contributed by atoms with Gasteiger partial charge < -0.3 is 0 Å². The van der Waals surface area contributed by atoms with Gasteiger partial charge in [0.25, 0.3) is 0 Å². The van der Waals surface area contributed by atoms with Gasteiger partial charge in [-0.3, -0.25) is 10.1 Å². The predicted molar refractivity (Wildman–Crippen MR) is 71.1 cm³/mol. The number of nitro benzene ring substituents is 1. The molecule has 0 N–H and O–H groups in total. The summed E-state index contributed by atoms with van der Waals surface area (Å²) in [7, 11) is -3.99. The smallest absolute Gasteiger partial charge is 0.258 e. The molecule has 108 valence electrons. The molecule has 0 fully saturated rings. The highest BCUT2D eigenvalue weighted by atomic mass is 32.2. The average Bonchev–Trinajstić information content (AvgIpc) is 2.38. The van der Waals surface area contributed by atoms with Gasteiger partial charge in [0, 0.05) is 12.6 Å². The standard InChI is InChI=1S/C12H13FN2O4S/c1-4-6-14(5-2)20(18,19)10-7-9(3)12(13)11(8-10)15(16)17/h1,7-8H,5-6H2,2-3H3. The highest BCUT2D eigenvalue weighted by molar-refractivity contribution is 7.89. The van der Waals surface area contributed by atoms with E-state index in [-0.39, 0.29) is 23.5 Å². The Morgan fingerprint density at radius 3 is 2.55 bits per heavy atom. The molecule has 0 amide bonds. The molecule has 0 bridgehead atoms. The van der Waals surface area contributed by atoms with E-state index in [1.807, 2.05) is 0 Å². The molecule has 8 heteroatoms. The molecule has 0 aliphatic heterocycles. The van der Waals surface area contributed by atoms with Gasteiger partial charge in [0.2, 0.25) is 15.8 Å². The lowest BCUT2D eigenvalue weighted by Gasteiger charge is -2.18. The third-order valence-electron chi connectivity index (χ3n) is 2.66. The summed E-state index contributed by atoms with van der Waals surface area (Å²) in [6.45, 7) is 2.79. The third-order valence-corrected chi connectivity index (χ3v) is 4.56. The molecule has 0 spiro atoms. The fourth-order valence-electron chi connectivity index (χ4n) is 1.62. The Balaban J connectivity index is 3.47. The second-order valence-corrected chi connectivity index (χ2v) is 5.90. The van der Waals surface area contributed by atoms with Gasteiger partial charge in [-0.05, 0) is 18.6 Å². The van der Waals surface area contributed by atoms with Crippen molar-refractivity contribution in [1.29, 1.82) is 0 Å². The number of nitrogens with zero attached hydrogens (tertiary/aromatic N) is 2. The number of terminal acetylenes is 1. The highest BCUT2D eigenvalue weighted by Gasteiger charge is 2.27. The lowest BCUT2D eigenvalue weighted by atomic mass is 10.2. The topological polar surface area (TPSA) is 80.5 Å². The van der Waals surface area contributed by atoms with E-state index in [1.165, 1.54) is 6.92 Å². The van der Waals surface area contributed by atoms with Gasteiger partial charge in [-0.1, -0.05) is 12.8 Å². The largest absolute Gasteiger partial charge is 0.306 e. The van der Waals surface area contributed by atoms with Crippen molar-refractivity contribution < 1.29 is 17.7 Å². The maximum atomic E-state index is 13.6. The second-order valence-electron chi connectivity index (χ2n) is 3.97. The molecule has 0 aliphatic carbocycles. The van der Waals surface area contributed by atoms with E-state index < -0.39 is 26.5 Å². The van der Waals surface area contributed by atoms with Gasteiger partial charge in [-0.2, -0.15) is 8.70 Å². The van der Waals surface area contributed by atoms with Crippen LogP contribution in [-0.4, -0.2) is 30.7 Å². The number of nitro groups is 1. The minimum absolute atomic E-state index is 0.108. The molecule has 0 atom stereocenters. The molecule has 0 saturated carbocycles. The zero-order valence-corrected chi connectivity index (χ0v) is 11.8. The van der Waals surface area contributed by atoms with Gasteiger partial charge in [0.05, 0.1) is 16.4 Å².